The summed E-state index contributed by atoms with van der Waals surface area (Å²) < 4.78 is 67.9. The van der Waals surface area contributed by atoms with Gasteiger partial charge in [-0.25, -0.2) is 9.13 Å². The molecule has 0 saturated heterocycles. The van der Waals surface area contributed by atoms with E-state index in [0.717, 1.165) is 115 Å². The lowest BCUT2D eigenvalue weighted by Crippen LogP contribution is -2.30. The van der Waals surface area contributed by atoms with E-state index in [2.05, 4.69) is 41.5 Å². The number of unbranched alkanes of at least 4 members (excludes halogenated alkanes) is 32. The lowest BCUT2D eigenvalue weighted by molar-refractivity contribution is -0.161. The largest absolute Gasteiger partial charge is 0.472 e. The van der Waals surface area contributed by atoms with E-state index in [1.165, 1.54) is 122 Å². The van der Waals surface area contributed by atoms with Crippen LogP contribution >= 0.6 is 15.6 Å². The van der Waals surface area contributed by atoms with Gasteiger partial charge in [-0.2, -0.15) is 0 Å². The summed E-state index contributed by atoms with van der Waals surface area (Å²) in [6.07, 6.45) is 39.0. The van der Waals surface area contributed by atoms with Crippen LogP contribution in [-0.4, -0.2) is 96.7 Å². The van der Waals surface area contributed by atoms with Gasteiger partial charge >= 0.3 is 39.5 Å². The first-order valence-corrected chi connectivity index (χ1v) is 36.5. The highest BCUT2D eigenvalue weighted by Gasteiger charge is 2.30. The average molecular weight is 1230 g/mol. The van der Waals surface area contributed by atoms with Crippen molar-refractivity contribution in [3.8, 4) is 0 Å². The third-order valence-corrected chi connectivity index (χ3v) is 17.0. The number of carbonyl (C=O) groups is 4. The number of phosphoric ester groups is 2. The molecule has 0 aliphatic carbocycles. The van der Waals surface area contributed by atoms with Gasteiger partial charge in [0.1, 0.15) is 19.3 Å². The second-order valence-corrected chi connectivity index (χ2v) is 26.8. The molecule has 0 aromatic rings. The summed E-state index contributed by atoms with van der Waals surface area (Å²) in [5, 5.41) is 10.5. The maximum Gasteiger partial charge on any atom is 0.472 e. The quantitative estimate of drug-likeness (QED) is 0.0222. The average Bonchev–Trinajstić information content (AvgIpc) is 3.46. The molecule has 0 aliphatic heterocycles. The molecule has 83 heavy (non-hydrogen) atoms. The van der Waals surface area contributed by atoms with E-state index in [-0.39, 0.29) is 25.7 Å². The predicted octanol–water partition coefficient (Wildman–Crippen LogP) is 17.7. The van der Waals surface area contributed by atoms with Crippen molar-refractivity contribution in [2.24, 2.45) is 11.8 Å². The molecule has 0 spiro atoms. The van der Waals surface area contributed by atoms with Crippen LogP contribution in [0.3, 0.4) is 0 Å². The highest BCUT2D eigenvalue weighted by molar-refractivity contribution is 7.47. The molecule has 492 valence electrons. The number of hydrogen-bond acceptors (Lipinski definition) is 15. The van der Waals surface area contributed by atoms with Crippen molar-refractivity contribution in [2.75, 3.05) is 39.6 Å². The number of aliphatic hydroxyl groups excluding tert-OH is 1. The van der Waals surface area contributed by atoms with Crippen molar-refractivity contribution < 1.29 is 80.2 Å². The maximum absolute atomic E-state index is 13.0. The fraction of sp³-hybridized carbons (Fsp3) is 0.938. The Kier molecular flexibility index (Phi) is 55.2. The third-order valence-electron chi connectivity index (χ3n) is 15.1. The maximum atomic E-state index is 13.0. The molecule has 17 nitrogen and oxygen atoms in total. The highest BCUT2D eigenvalue weighted by atomic mass is 31.2. The Labute approximate surface area is 505 Å². The Morgan fingerprint density at radius 2 is 0.614 bits per heavy atom. The molecule has 6 atom stereocenters. The van der Waals surface area contributed by atoms with Crippen LogP contribution < -0.4 is 0 Å². The normalized spacial score (nSPS) is 14.6. The van der Waals surface area contributed by atoms with Crippen LogP contribution in [0.4, 0.5) is 0 Å². The molecule has 0 amide bonds. The van der Waals surface area contributed by atoms with E-state index in [1.54, 1.807) is 0 Å². The molecule has 19 heteroatoms. The Morgan fingerprint density at radius 3 is 0.916 bits per heavy atom. The Bertz CT molecular complexity index is 1630. The fourth-order valence-corrected chi connectivity index (χ4v) is 11.1. The monoisotopic (exact) mass is 1230 g/mol. The third kappa shape index (κ3) is 57.6. The molecular weight excluding hydrogens is 1100 g/mol. The van der Waals surface area contributed by atoms with Crippen LogP contribution in [-0.2, 0) is 65.4 Å². The van der Waals surface area contributed by atoms with Gasteiger partial charge in [-0.15, -0.1) is 0 Å². The molecule has 0 rings (SSSR count). The predicted molar refractivity (Wildman–Crippen MR) is 331 cm³/mol. The number of aliphatic hydroxyl groups is 1. The van der Waals surface area contributed by atoms with Crippen LogP contribution in [0.25, 0.3) is 0 Å². The number of hydrogen-bond donors (Lipinski definition) is 3. The number of rotatable bonds is 63. The zero-order chi connectivity index (χ0) is 61.5. The molecule has 0 heterocycles. The summed E-state index contributed by atoms with van der Waals surface area (Å²) in [6, 6.07) is 0. The summed E-state index contributed by atoms with van der Waals surface area (Å²) in [6.45, 7) is 9.46. The smallest absolute Gasteiger partial charge is 0.462 e. The van der Waals surface area contributed by atoms with Gasteiger partial charge in [-0.05, 0) is 37.5 Å². The first-order valence-electron chi connectivity index (χ1n) is 33.5. The molecule has 0 radical (unpaired) electrons. The first-order chi connectivity index (χ1) is 39.9. The van der Waals surface area contributed by atoms with Crippen LogP contribution in [0.2, 0.25) is 0 Å². The fourth-order valence-electron chi connectivity index (χ4n) is 9.50. The van der Waals surface area contributed by atoms with Crippen molar-refractivity contribution in [3.05, 3.63) is 0 Å². The molecule has 0 aromatic heterocycles. The molecule has 0 bridgehead atoms. The van der Waals surface area contributed by atoms with Crippen molar-refractivity contribution >= 4 is 39.5 Å². The Balaban J connectivity index is 5.21. The summed E-state index contributed by atoms with van der Waals surface area (Å²) >= 11 is 0. The van der Waals surface area contributed by atoms with E-state index in [0.29, 0.717) is 25.7 Å². The topological polar surface area (TPSA) is 237 Å². The minimum absolute atomic E-state index is 0.104. The van der Waals surface area contributed by atoms with E-state index in [9.17, 15) is 43.2 Å². The van der Waals surface area contributed by atoms with Crippen molar-refractivity contribution in [1.29, 1.82) is 0 Å². The second-order valence-electron chi connectivity index (χ2n) is 23.9. The summed E-state index contributed by atoms with van der Waals surface area (Å²) in [5.41, 5.74) is 0. The highest BCUT2D eigenvalue weighted by Crippen LogP contribution is 2.45. The summed E-state index contributed by atoms with van der Waals surface area (Å²) in [4.78, 5) is 72.1. The molecule has 0 aromatic carbocycles. The SMILES string of the molecule is CCCCCCCCCCC(=O)OC[C@H](COP(=O)(O)OC[C@H](O)COP(=O)(O)OC[C@@H](COC(=O)CCCCCCCCCCC(C)CC)OC(=O)CCCCCCCCCCCCCCC(C)C)OC(=O)CCCCCCCCCC. The lowest BCUT2D eigenvalue weighted by Gasteiger charge is -2.21. The second kappa shape index (κ2) is 56.6. The molecule has 0 saturated carbocycles. The lowest BCUT2D eigenvalue weighted by atomic mass is 9.99. The molecule has 3 unspecified atom stereocenters. The zero-order valence-electron chi connectivity index (χ0n) is 53.5. The van der Waals surface area contributed by atoms with E-state index >= 15 is 0 Å². The van der Waals surface area contributed by atoms with Gasteiger partial charge in [0.05, 0.1) is 26.4 Å². The van der Waals surface area contributed by atoms with Gasteiger partial charge < -0.3 is 33.8 Å². The number of phosphoric acid groups is 2. The zero-order valence-corrected chi connectivity index (χ0v) is 55.3. The van der Waals surface area contributed by atoms with Crippen LogP contribution in [0.15, 0.2) is 0 Å². The minimum Gasteiger partial charge on any atom is -0.462 e. The summed E-state index contributed by atoms with van der Waals surface area (Å²) in [5.74, 6) is -0.584. The van der Waals surface area contributed by atoms with E-state index < -0.39 is 97.5 Å². The van der Waals surface area contributed by atoms with Gasteiger partial charge in [-0.3, -0.25) is 37.3 Å². The molecule has 0 aliphatic rings. The van der Waals surface area contributed by atoms with Crippen LogP contribution in [0.1, 0.15) is 318 Å². The van der Waals surface area contributed by atoms with Crippen LogP contribution in [0, 0.1) is 11.8 Å². The first kappa shape index (κ1) is 81.1. The number of carbonyl (C=O) groups excluding carboxylic acids is 4. The van der Waals surface area contributed by atoms with Gasteiger partial charge in [0.25, 0.3) is 0 Å². The molecular formula is C64H124O17P2. The molecule has 0 fully saturated rings. The van der Waals surface area contributed by atoms with Crippen molar-refractivity contribution in [3.63, 3.8) is 0 Å². The van der Waals surface area contributed by atoms with Gasteiger partial charge in [0.2, 0.25) is 0 Å². The standard InChI is InChI=1S/C64H124O17P2/c1-7-10-12-14-16-28-34-40-46-61(66)74-52-59(80-63(68)48-42-36-29-17-15-13-11-8-2)54-78-82(70,71)76-50-58(65)51-77-83(72,73)79-55-60(53-75-62(67)47-41-35-30-25-24-27-33-39-45-57(6)9-3)81-64(69)49-43-37-31-23-21-19-18-20-22-26-32-38-44-56(4)5/h56-60,65H,7-55H2,1-6H3,(H,70,71)(H,72,73)/t57?,58-,59+,60+/m0/s1. The summed E-state index contributed by atoms with van der Waals surface area (Å²) in [7, 11) is -9.88. The molecule has 3 N–H and O–H groups in total. The Morgan fingerprint density at radius 1 is 0.349 bits per heavy atom. The van der Waals surface area contributed by atoms with Crippen molar-refractivity contribution in [2.45, 2.75) is 336 Å². The van der Waals surface area contributed by atoms with E-state index in [4.69, 9.17) is 37.0 Å². The van der Waals surface area contributed by atoms with E-state index in [1.807, 2.05) is 0 Å². The number of ether oxygens (including phenoxy) is 4. The Hall–Kier alpha value is -1.94. The van der Waals surface area contributed by atoms with Crippen molar-refractivity contribution in [1.82, 2.24) is 0 Å². The van der Waals surface area contributed by atoms with Gasteiger partial charge in [0, 0.05) is 25.7 Å². The number of esters is 4. The minimum atomic E-state index is -4.94. The van der Waals surface area contributed by atoms with Gasteiger partial charge in [-0.1, -0.05) is 266 Å². The van der Waals surface area contributed by atoms with Gasteiger partial charge in [0.15, 0.2) is 12.2 Å². The van der Waals surface area contributed by atoms with Crippen LogP contribution in [0.5, 0.6) is 0 Å².